The zero-order chi connectivity index (χ0) is 22.0. The summed E-state index contributed by atoms with van der Waals surface area (Å²) in [7, 11) is 0. The van der Waals surface area contributed by atoms with Gasteiger partial charge in [0.05, 0.1) is 12.3 Å². The summed E-state index contributed by atoms with van der Waals surface area (Å²) in [5.74, 6) is -0.406. The number of aromatic nitrogens is 2. The number of halogens is 1. The van der Waals surface area contributed by atoms with Crippen molar-refractivity contribution in [2.75, 3.05) is 13.2 Å². The van der Waals surface area contributed by atoms with Gasteiger partial charge in [-0.25, -0.2) is 4.39 Å². The highest BCUT2D eigenvalue weighted by Gasteiger charge is 2.33. The third kappa shape index (κ3) is 4.45. The summed E-state index contributed by atoms with van der Waals surface area (Å²) in [6, 6.07) is 8.27. The molecule has 0 radical (unpaired) electrons. The second-order valence-electron chi connectivity index (χ2n) is 7.77. The Morgan fingerprint density at radius 3 is 2.77 bits per heavy atom. The van der Waals surface area contributed by atoms with Gasteiger partial charge in [-0.15, -0.1) is 0 Å². The first kappa shape index (κ1) is 21.0. The van der Waals surface area contributed by atoms with E-state index in [0.717, 1.165) is 29.5 Å². The first-order valence-electron chi connectivity index (χ1n) is 10.7. The van der Waals surface area contributed by atoms with Crippen molar-refractivity contribution in [1.82, 2.24) is 14.5 Å². The lowest BCUT2D eigenvalue weighted by Crippen LogP contribution is -2.31. The summed E-state index contributed by atoms with van der Waals surface area (Å²) < 4.78 is 21.0. The molecule has 0 aliphatic heterocycles. The van der Waals surface area contributed by atoms with E-state index in [9.17, 15) is 14.0 Å². The number of ether oxygens (including phenoxy) is 1. The predicted octanol–water partition coefficient (Wildman–Crippen LogP) is 4.16. The second-order valence-corrected chi connectivity index (χ2v) is 7.77. The first-order chi connectivity index (χ1) is 15.0. The zero-order valence-electron chi connectivity index (χ0n) is 17.8. The number of hydrogen-bond acceptors (Lipinski definition) is 4. The van der Waals surface area contributed by atoms with E-state index in [1.807, 2.05) is 30.2 Å². The molecule has 7 heteroatoms. The topological polar surface area (TPSA) is 64.4 Å². The van der Waals surface area contributed by atoms with Gasteiger partial charge in [-0.05, 0) is 56.5 Å². The minimum atomic E-state index is -0.362. The van der Waals surface area contributed by atoms with Gasteiger partial charge in [0.1, 0.15) is 12.4 Å². The lowest BCUT2D eigenvalue weighted by Gasteiger charge is -2.22. The SMILES string of the molecule is CCOC(=O)Cn1cc(-c2ncccc2CN(CC)C(=O)C2CC2)c2cc(F)ccc21. The van der Waals surface area contributed by atoms with Crippen molar-refractivity contribution in [2.45, 2.75) is 39.8 Å². The van der Waals surface area contributed by atoms with Crippen LogP contribution in [0.25, 0.3) is 22.2 Å². The van der Waals surface area contributed by atoms with Gasteiger partial charge in [0.2, 0.25) is 5.91 Å². The molecule has 0 bridgehead atoms. The van der Waals surface area contributed by atoms with Crippen LogP contribution in [0, 0.1) is 11.7 Å². The monoisotopic (exact) mass is 423 g/mol. The number of carbonyl (C=O) groups excluding carboxylic acids is 2. The van der Waals surface area contributed by atoms with Gasteiger partial charge in [-0.1, -0.05) is 6.07 Å². The Bertz CT molecular complexity index is 1120. The van der Waals surface area contributed by atoms with Crippen molar-refractivity contribution in [3.63, 3.8) is 0 Å². The molecule has 2 aromatic heterocycles. The summed E-state index contributed by atoms with van der Waals surface area (Å²) in [5.41, 5.74) is 3.02. The number of carbonyl (C=O) groups is 2. The van der Waals surface area contributed by atoms with Crippen molar-refractivity contribution in [3.05, 3.63) is 54.1 Å². The fourth-order valence-electron chi connectivity index (χ4n) is 3.88. The number of pyridine rings is 1. The molecule has 3 aromatic rings. The number of nitrogens with zero attached hydrogens (tertiary/aromatic N) is 3. The largest absolute Gasteiger partial charge is 0.465 e. The Morgan fingerprint density at radius 1 is 1.26 bits per heavy atom. The van der Waals surface area contributed by atoms with Gasteiger partial charge < -0.3 is 14.2 Å². The van der Waals surface area contributed by atoms with Crippen LogP contribution in [0.2, 0.25) is 0 Å². The Hall–Kier alpha value is -3.22. The van der Waals surface area contributed by atoms with Gasteiger partial charge in [0, 0.05) is 47.9 Å². The maximum Gasteiger partial charge on any atom is 0.325 e. The lowest BCUT2D eigenvalue weighted by atomic mass is 10.0. The summed E-state index contributed by atoms with van der Waals surface area (Å²) >= 11 is 0. The molecule has 0 saturated heterocycles. The number of fused-ring (bicyclic) bond motifs is 1. The Balaban J connectivity index is 1.75. The van der Waals surface area contributed by atoms with Crippen LogP contribution >= 0.6 is 0 Å². The number of amides is 1. The maximum absolute atomic E-state index is 14.1. The van der Waals surface area contributed by atoms with Crippen molar-refractivity contribution in [2.24, 2.45) is 5.92 Å². The van der Waals surface area contributed by atoms with Gasteiger partial charge in [0.25, 0.3) is 0 Å². The van der Waals surface area contributed by atoms with Crippen molar-refractivity contribution in [1.29, 1.82) is 0 Å². The quantitative estimate of drug-likeness (QED) is 0.510. The number of rotatable bonds is 8. The van der Waals surface area contributed by atoms with E-state index < -0.39 is 0 Å². The fraction of sp³-hybridized carbons (Fsp3) is 0.375. The molecule has 1 aliphatic carbocycles. The average molecular weight is 423 g/mol. The molecule has 1 aromatic carbocycles. The molecule has 1 aliphatic rings. The van der Waals surface area contributed by atoms with Gasteiger partial charge in [-0.3, -0.25) is 14.6 Å². The normalized spacial score (nSPS) is 13.4. The molecule has 0 unspecified atom stereocenters. The predicted molar refractivity (Wildman–Crippen MR) is 116 cm³/mol. The molecular weight excluding hydrogens is 397 g/mol. The van der Waals surface area contributed by atoms with Crippen LogP contribution in [-0.2, 0) is 27.4 Å². The minimum Gasteiger partial charge on any atom is -0.465 e. The summed E-state index contributed by atoms with van der Waals surface area (Å²) in [6.07, 6.45) is 5.41. The van der Waals surface area contributed by atoms with Crippen LogP contribution in [0.1, 0.15) is 32.3 Å². The molecule has 2 heterocycles. The maximum atomic E-state index is 14.1. The number of esters is 1. The molecule has 1 saturated carbocycles. The molecule has 4 rings (SSSR count). The van der Waals surface area contributed by atoms with Crippen LogP contribution in [-0.4, -0.2) is 39.5 Å². The second kappa shape index (κ2) is 8.88. The van der Waals surface area contributed by atoms with Gasteiger partial charge >= 0.3 is 5.97 Å². The highest BCUT2D eigenvalue weighted by atomic mass is 19.1. The molecule has 0 N–H and O–H groups in total. The number of benzene rings is 1. The Labute approximate surface area is 180 Å². The minimum absolute atomic E-state index is 0.0272. The van der Waals surface area contributed by atoms with Crippen molar-refractivity contribution < 1.29 is 18.7 Å². The summed E-state index contributed by atoms with van der Waals surface area (Å²) in [5, 5.41) is 0.667. The van der Waals surface area contributed by atoms with E-state index in [-0.39, 0.29) is 30.2 Å². The summed E-state index contributed by atoms with van der Waals surface area (Å²) in [6.45, 7) is 5.11. The summed E-state index contributed by atoms with van der Waals surface area (Å²) in [4.78, 5) is 31.1. The van der Waals surface area contributed by atoms with E-state index in [0.29, 0.717) is 30.8 Å². The molecule has 1 fully saturated rings. The highest BCUT2D eigenvalue weighted by molar-refractivity contribution is 5.96. The third-order valence-electron chi connectivity index (χ3n) is 5.58. The molecule has 31 heavy (non-hydrogen) atoms. The van der Waals surface area contributed by atoms with Crippen LogP contribution in [0.5, 0.6) is 0 Å². The van der Waals surface area contributed by atoms with E-state index in [1.54, 1.807) is 23.8 Å². The highest BCUT2D eigenvalue weighted by Crippen LogP contribution is 2.34. The molecule has 1 amide bonds. The van der Waals surface area contributed by atoms with E-state index in [4.69, 9.17) is 4.74 Å². The van der Waals surface area contributed by atoms with Crippen LogP contribution in [0.15, 0.2) is 42.7 Å². The lowest BCUT2D eigenvalue weighted by molar-refractivity contribution is -0.143. The van der Waals surface area contributed by atoms with E-state index >= 15 is 0 Å². The molecule has 6 nitrogen and oxygen atoms in total. The van der Waals surface area contributed by atoms with Crippen molar-refractivity contribution in [3.8, 4) is 11.3 Å². The fourth-order valence-corrected chi connectivity index (χ4v) is 3.88. The smallest absolute Gasteiger partial charge is 0.325 e. The molecule has 162 valence electrons. The Kier molecular flexibility index (Phi) is 6.02. The zero-order valence-corrected chi connectivity index (χ0v) is 17.8. The van der Waals surface area contributed by atoms with E-state index in [2.05, 4.69) is 4.98 Å². The molecule has 0 atom stereocenters. The molecular formula is C24H26FN3O3. The Morgan fingerprint density at radius 2 is 2.06 bits per heavy atom. The van der Waals surface area contributed by atoms with Crippen molar-refractivity contribution >= 4 is 22.8 Å². The first-order valence-corrected chi connectivity index (χ1v) is 10.7. The number of hydrogen-bond donors (Lipinski definition) is 0. The van der Waals surface area contributed by atoms with E-state index in [1.165, 1.54) is 12.1 Å². The third-order valence-corrected chi connectivity index (χ3v) is 5.58. The van der Waals surface area contributed by atoms with Gasteiger partial charge in [-0.2, -0.15) is 0 Å². The van der Waals surface area contributed by atoms with Gasteiger partial charge in [0.15, 0.2) is 0 Å². The average Bonchev–Trinajstić information content (AvgIpc) is 3.55. The van der Waals surface area contributed by atoms with Crippen LogP contribution in [0.4, 0.5) is 4.39 Å². The molecule has 0 spiro atoms. The standard InChI is InChI=1S/C24H26FN3O3/c1-3-27(24(30)16-7-8-16)13-17-6-5-11-26-23(17)20-14-28(15-22(29)31-4-2)21-10-9-18(25)12-19(20)21/h5-6,9-12,14,16H,3-4,7-8,13,15H2,1-2H3. The van der Waals surface area contributed by atoms with Crippen LogP contribution < -0.4 is 0 Å². The van der Waals surface area contributed by atoms with Crippen LogP contribution in [0.3, 0.4) is 0 Å².